The first kappa shape index (κ1) is 119. The van der Waals surface area contributed by atoms with Crippen LogP contribution in [0, 0.1) is 0 Å². The molecule has 0 saturated carbocycles. The zero-order chi connectivity index (χ0) is 96.2. The number of hydrogen-bond acceptors (Lipinski definition) is 21. The van der Waals surface area contributed by atoms with Crippen molar-refractivity contribution in [3.63, 3.8) is 0 Å². The lowest BCUT2D eigenvalue weighted by molar-refractivity contribution is -0.141. The summed E-state index contributed by atoms with van der Waals surface area (Å²) in [5.41, 5.74) is 12.9. The molecule has 0 heterocycles. The van der Waals surface area contributed by atoms with Crippen LogP contribution in [0.1, 0.15) is 230 Å². The Morgan fingerprint density at radius 3 is 0.810 bits per heavy atom. The van der Waals surface area contributed by atoms with Crippen LogP contribution in [0.4, 0.5) is 0 Å². The fraction of sp³-hybridized carbons (Fsp3) is 0.381. The number of carbonyl (C=O) groups is 4. The van der Waals surface area contributed by atoms with E-state index in [1.807, 2.05) is 210 Å². The lowest BCUT2D eigenvalue weighted by Crippen LogP contribution is -2.29. The average molecular weight is 2010 g/mol. The number of carbonyl (C=O) groups excluding carboxylic acids is 4. The van der Waals surface area contributed by atoms with Gasteiger partial charge in [-0.25, -0.2) is 0 Å². The zero-order valence-electron chi connectivity index (χ0n) is 79.5. The van der Waals surface area contributed by atoms with Gasteiger partial charge < -0.3 is 81.1 Å². The first-order chi connectivity index (χ1) is 64.4. The van der Waals surface area contributed by atoms with E-state index in [-0.39, 0.29) is 77.3 Å². The van der Waals surface area contributed by atoms with Crippen molar-refractivity contribution in [3.8, 4) is 85.5 Å². The molecule has 0 aliphatic rings. The summed E-state index contributed by atoms with van der Waals surface area (Å²) in [6.07, 6.45) is 9.78. The van der Waals surface area contributed by atoms with Crippen molar-refractivity contribution in [1.29, 1.82) is 0 Å². The van der Waals surface area contributed by atoms with Gasteiger partial charge in [0.25, 0.3) is 0 Å². The summed E-state index contributed by atoms with van der Waals surface area (Å²) in [6, 6.07) is 78.4. The predicted octanol–water partition coefficient (Wildman–Crippen LogP) is 27.2. The Balaban J connectivity index is 0.000000450. The van der Waals surface area contributed by atoms with Gasteiger partial charge in [-0.05, 0) is 264 Å². The van der Waals surface area contributed by atoms with Gasteiger partial charge in [0, 0.05) is 11.1 Å². The monoisotopic (exact) mass is 2010 g/mol. The third-order valence-electron chi connectivity index (χ3n) is 21.4. The first-order valence-electron chi connectivity index (χ1n) is 45.2. The number of esters is 4. The topological polar surface area (TPSA) is 247 Å². The predicted molar refractivity (Wildman–Crippen MR) is 560 cm³/mol. The molecule has 2 N–H and O–H groups in total. The molecule has 0 radical (unpaired) electrons. The van der Waals surface area contributed by atoms with Crippen molar-refractivity contribution >= 4 is 68.3 Å². The highest BCUT2D eigenvalue weighted by Gasteiger charge is 2.20. The molecule has 4 atom stereocenters. The minimum absolute atomic E-state index is 0. The quantitative estimate of drug-likeness (QED) is 0.0156. The van der Waals surface area contributed by atoms with Crippen molar-refractivity contribution < 1.29 is 100 Å². The molecular formula is C113H147BBr2O21. The standard InChI is InChI=1S/2C29H34O5.2C22H27BrO4.C7H9BO3.4CH4/c2*1-5-6-15-33-28-17-22(13-14-27(28)24-10-8-11-25(19-24)31-3)20-34-26-12-7-9-23(18-26)21(2)16-29(30)32-4;2*1-4-5-11-26-21-13-17(9-10-20(21)23)15-27-19-8-6-7-18(14-19)16(2)12-22(24)25-3;1-11-7-4-2-3-6(5-7)8(9)10;;;;/h2*7-14,17-19,21H,5-6,15-16,20H2,1-4H3;2*6-10,13-14,16H,4-5,11-12,15H2,1-3H3;2-5,9-10H,1H3;4*1H4/t2*21-;2*16-;;;;;/m1010...../s1. The summed E-state index contributed by atoms with van der Waals surface area (Å²) in [6.45, 7) is 21.1. The molecule has 11 rings (SSSR count). The van der Waals surface area contributed by atoms with Crippen LogP contribution in [-0.4, -0.2) is 117 Å². The molecular weight excluding hydrogens is 1860 g/mol. The third kappa shape index (κ3) is 42.7. The summed E-state index contributed by atoms with van der Waals surface area (Å²) in [4.78, 5) is 46.2. The molecule has 0 unspecified atom stereocenters. The summed E-state index contributed by atoms with van der Waals surface area (Å²) < 4.78 is 84.7. The minimum atomic E-state index is -1.43. The zero-order valence-corrected chi connectivity index (χ0v) is 82.7. The summed E-state index contributed by atoms with van der Waals surface area (Å²) in [5, 5.41) is 17.5. The Labute approximate surface area is 833 Å². The third-order valence-corrected chi connectivity index (χ3v) is 22.7. The Morgan fingerprint density at radius 1 is 0.292 bits per heavy atom. The van der Waals surface area contributed by atoms with Gasteiger partial charge in [-0.1, -0.05) is 232 Å². The van der Waals surface area contributed by atoms with Gasteiger partial charge in [0.05, 0.1) is 111 Å². The van der Waals surface area contributed by atoms with Crippen molar-refractivity contribution in [1.82, 2.24) is 0 Å². The van der Waals surface area contributed by atoms with Crippen molar-refractivity contribution in [2.75, 3.05) is 76.2 Å². The Hall–Kier alpha value is -12.0. The number of halogens is 2. The van der Waals surface area contributed by atoms with Crippen LogP contribution >= 0.6 is 31.9 Å². The van der Waals surface area contributed by atoms with Crippen LogP contribution in [0.2, 0.25) is 0 Å². The largest absolute Gasteiger partial charge is 0.497 e. The molecule has 0 bridgehead atoms. The van der Waals surface area contributed by atoms with Gasteiger partial charge in [-0.2, -0.15) is 0 Å². The molecule has 137 heavy (non-hydrogen) atoms. The number of methoxy groups -OCH3 is 7. The van der Waals surface area contributed by atoms with Gasteiger partial charge in [0.1, 0.15) is 89.7 Å². The van der Waals surface area contributed by atoms with Gasteiger partial charge in [-0.3, -0.25) is 19.2 Å². The van der Waals surface area contributed by atoms with Gasteiger partial charge >= 0.3 is 31.0 Å². The number of unbranched alkanes of at least 4 members (excludes halogenated alkanes) is 4. The summed E-state index contributed by atoms with van der Waals surface area (Å²) >= 11 is 7.05. The van der Waals surface area contributed by atoms with E-state index in [1.54, 1.807) is 38.5 Å². The Bertz CT molecular complexity index is 5030. The number of hydrogen-bond donors (Lipinski definition) is 2. The molecule has 0 fully saturated rings. The Morgan fingerprint density at radius 2 is 0.540 bits per heavy atom. The molecule has 0 aromatic heterocycles. The molecule has 742 valence electrons. The second-order valence-corrected chi connectivity index (χ2v) is 33.5. The average Bonchev–Trinajstić information content (AvgIpc) is 0.818. The lowest BCUT2D eigenvalue weighted by Gasteiger charge is -2.15. The van der Waals surface area contributed by atoms with Crippen LogP contribution in [-0.2, 0) is 64.6 Å². The van der Waals surface area contributed by atoms with Crippen LogP contribution in [0.25, 0.3) is 22.3 Å². The molecule has 0 amide bonds. The maximum atomic E-state index is 11.6. The van der Waals surface area contributed by atoms with E-state index in [2.05, 4.69) is 96.0 Å². The van der Waals surface area contributed by atoms with Crippen LogP contribution < -0.4 is 57.6 Å². The van der Waals surface area contributed by atoms with E-state index < -0.39 is 7.12 Å². The van der Waals surface area contributed by atoms with Crippen molar-refractivity contribution in [2.24, 2.45) is 0 Å². The van der Waals surface area contributed by atoms with Crippen LogP contribution in [0.3, 0.4) is 0 Å². The molecule has 0 aliphatic heterocycles. The number of rotatable bonds is 46. The highest BCUT2D eigenvalue weighted by Crippen LogP contribution is 2.38. The Kier molecular flexibility index (Phi) is 57.9. The van der Waals surface area contributed by atoms with E-state index in [9.17, 15) is 19.2 Å². The molecule has 21 nitrogen and oxygen atoms in total. The van der Waals surface area contributed by atoms with Gasteiger partial charge in [0.15, 0.2) is 0 Å². The van der Waals surface area contributed by atoms with Crippen molar-refractivity contribution in [2.45, 2.75) is 212 Å². The second-order valence-electron chi connectivity index (χ2n) is 31.8. The molecule has 24 heteroatoms. The van der Waals surface area contributed by atoms with E-state index in [1.165, 1.54) is 35.5 Å². The van der Waals surface area contributed by atoms with Gasteiger partial charge in [-0.15, -0.1) is 0 Å². The lowest BCUT2D eigenvalue weighted by atomic mass is 9.80. The van der Waals surface area contributed by atoms with Crippen molar-refractivity contribution in [3.05, 3.63) is 296 Å². The normalized spacial score (nSPS) is 11.1. The SMILES string of the molecule is C.C.C.C.CCCCOc1cc(COc2cccc([C@@H](C)CC(=O)OC)c2)ccc1-c1cccc(OC)c1.CCCCOc1cc(COc2cccc([C@@H](C)CC(=O)OC)c2)ccc1Br.CCCCOc1cc(COc2cccc([C@H](C)CC(=O)OC)c2)ccc1-c1cccc(OC)c1.CCCCOc1cc(COc2cccc([C@H](C)CC(=O)OC)c2)ccc1Br.COc1cccc(B(O)O)c1. The molecule has 11 aromatic carbocycles. The fourth-order valence-corrected chi connectivity index (χ4v) is 14.1. The van der Waals surface area contributed by atoms with E-state index in [0.29, 0.717) is 89.8 Å². The second kappa shape index (κ2) is 66.5. The summed E-state index contributed by atoms with van der Waals surface area (Å²) in [5.74, 6) is 8.08. The van der Waals surface area contributed by atoms with Crippen LogP contribution in [0.5, 0.6) is 63.2 Å². The van der Waals surface area contributed by atoms with E-state index in [4.69, 9.17) is 81.1 Å². The molecule has 11 aromatic rings. The molecule has 0 saturated heterocycles. The number of ether oxygens (including phenoxy) is 15. The molecule has 0 spiro atoms. The maximum absolute atomic E-state index is 11.6. The first-order valence-corrected chi connectivity index (χ1v) is 46.8. The van der Waals surface area contributed by atoms with E-state index >= 15 is 0 Å². The number of benzene rings is 11. The maximum Gasteiger partial charge on any atom is 0.488 e. The highest BCUT2D eigenvalue weighted by atomic mass is 79.9. The minimum Gasteiger partial charge on any atom is -0.497 e. The highest BCUT2D eigenvalue weighted by molar-refractivity contribution is 9.11. The summed E-state index contributed by atoms with van der Waals surface area (Å²) in [7, 11) is 9.09. The van der Waals surface area contributed by atoms with E-state index in [0.717, 1.165) is 185 Å². The molecule has 0 aliphatic carbocycles. The smallest absolute Gasteiger partial charge is 0.488 e. The van der Waals surface area contributed by atoms with Crippen LogP contribution in [0.15, 0.2) is 252 Å². The van der Waals surface area contributed by atoms with Gasteiger partial charge in [0.2, 0.25) is 0 Å². The fourth-order valence-electron chi connectivity index (χ4n) is 13.3.